The molecule has 2 heterocycles. The summed E-state index contributed by atoms with van der Waals surface area (Å²) in [5.74, 6) is -0.875. The zero-order chi connectivity index (χ0) is 19.9. The lowest BCUT2D eigenvalue weighted by atomic mass is 9.98. The monoisotopic (exact) mass is 380 g/mol. The van der Waals surface area contributed by atoms with Crippen molar-refractivity contribution >= 4 is 23.6 Å². The molecule has 146 valence electrons. The summed E-state index contributed by atoms with van der Waals surface area (Å²) in [7, 11) is 0. The van der Waals surface area contributed by atoms with Crippen molar-refractivity contribution in [1.29, 1.82) is 0 Å². The van der Waals surface area contributed by atoms with Crippen molar-refractivity contribution in [3.05, 3.63) is 70.6 Å². The number of rotatable bonds is 5. The van der Waals surface area contributed by atoms with Gasteiger partial charge in [0.15, 0.2) is 0 Å². The van der Waals surface area contributed by atoms with Gasteiger partial charge in [0.1, 0.15) is 5.70 Å². The Kier molecular flexibility index (Phi) is 6.42. The van der Waals surface area contributed by atoms with Gasteiger partial charge in [0.2, 0.25) is 0 Å². The quantitative estimate of drug-likeness (QED) is 0.591. The van der Waals surface area contributed by atoms with Gasteiger partial charge in [-0.3, -0.25) is 19.0 Å². The molecule has 1 aromatic heterocycles. The van der Waals surface area contributed by atoms with Gasteiger partial charge in [0.25, 0.3) is 11.5 Å². The van der Waals surface area contributed by atoms with E-state index in [1.807, 2.05) is 30.3 Å². The van der Waals surface area contributed by atoms with E-state index in [1.54, 1.807) is 36.2 Å². The molecule has 1 amide bonds. The van der Waals surface area contributed by atoms with Crippen LogP contribution in [0.15, 0.2) is 59.5 Å². The number of piperidine rings is 1. The largest absolute Gasteiger partial charge is 0.466 e. The first kappa shape index (κ1) is 19.6. The van der Waals surface area contributed by atoms with Gasteiger partial charge in [0.05, 0.1) is 12.5 Å². The van der Waals surface area contributed by atoms with Crippen LogP contribution in [0.3, 0.4) is 0 Å². The van der Waals surface area contributed by atoms with Gasteiger partial charge in [-0.15, -0.1) is 0 Å². The van der Waals surface area contributed by atoms with Gasteiger partial charge in [-0.05, 0) is 37.5 Å². The minimum absolute atomic E-state index is 0.265. The van der Waals surface area contributed by atoms with Gasteiger partial charge in [-0.25, -0.2) is 0 Å². The summed E-state index contributed by atoms with van der Waals surface area (Å²) < 4.78 is 6.47. The Hall–Kier alpha value is -3.15. The van der Waals surface area contributed by atoms with Crippen molar-refractivity contribution in [3.63, 3.8) is 0 Å². The summed E-state index contributed by atoms with van der Waals surface area (Å²) in [6.45, 7) is 2.93. The van der Waals surface area contributed by atoms with Crippen LogP contribution in [0.5, 0.6) is 0 Å². The molecule has 0 spiro atoms. The lowest BCUT2D eigenvalue weighted by Crippen LogP contribution is -2.44. The summed E-state index contributed by atoms with van der Waals surface area (Å²) in [6, 6.07) is 14.2. The van der Waals surface area contributed by atoms with Crippen LogP contribution in [0.25, 0.3) is 11.8 Å². The van der Waals surface area contributed by atoms with E-state index < -0.39 is 0 Å². The summed E-state index contributed by atoms with van der Waals surface area (Å²) in [4.78, 5) is 39.5. The van der Waals surface area contributed by atoms with E-state index in [-0.39, 0.29) is 29.1 Å². The molecule has 2 aromatic rings. The highest BCUT2D eigenvalue weighted by atomic mass is 16.5. The molecule has 6 nitrogen and oxygen atoms in total. The average molecular weight is 380 g/mol. The Morgan fingerprint density at radius 1 is 1.14 bits per heavy atom. The fourth-order valence-electron chi connectivity index (χ4n) is 3.34. The molecule has 1 aliphatic heterocycles. The number of nitrogens with zero attached hydrogens (tertiary/aromatic N) is 2. The Labute approximate surface area is 164 Å². The Bertz CT molecular complexity index is 917. The maximum absolute atomic E-state index is 13.3. The van der Waals surface area contributed by atoms with Crippen LogP contribution in [0.1, 0.15) is 25.3 Å². The summed E-state index contributed by atoms with van der Waals surface area (Å²) in [5.41, 5.74) is 0.804. The molecule has 1 saturated heterocycles. The summed E-state index contributed by atoms with van der Waals surface area (Å²) in [5, 5.41) is 0. The zero-order valence-corrected chi connectivity index (χ0v) is 15.9. The number of pyridine rings is 1. The number of carbonyl (C=O) groups is 2. The molecule has 1 aliphatic rings. The van der Waals surface area contributed by atoms with Crippen LogP contribution in [0.2, 0.25) is 0 Å². The highest BCUT2D eigenvalue weighted by molar-refractivity contribution is 6.18. The van der Waals surface area contributed by atoms with Crippen molar-refractivity contribution in [2.45, 2.75) is 19.8 Å². The zero-order valence-electron chi connectivity index (χ0n) is 15.9. The van der Waals surface area contributed by atoms with Crippen LogP contribution in [-0.2, 0) is 14.3 Å². The van der Waals surface area contributed by atoms with Gasteiger partial charge < -0.3 is 9.64 Å². The minimum Gasteiger partial charge on any atom is -0.466 e. The van der Waals surface area contributed by atoms with E-state index in [0.717, 1.165) is 12.0 Å². The molecule has 28 heavy (non-hydrogen) atoms. The summed E-state index contributed by atoms with van der Waals surface area (Å²) in [6.07, 6.45) is 4.71. The SMILES string of the molecule is CCOC(=O)[C@@H]1CCCN(C(=O)/C(=C\c2ccccc2)n2ccccc2=O)C1. The first-order chi connectivity index (χ1) is 13.6. The molecule has 1 aromatic carbocycles. The topological polar surface area (TPSA) is 68.6 Å². The average Bonchev–Trinajstić information content (AvgIpc) is 2.73. The number of likely N-dealkylation sites (tertiary alicyclic amines) is 1. The highest BCUT2D eigenvalue weighted by Gasteiger charge is 2.31. The maximum Gasteiger partial charge on any atom is 0.310 e. The molecule has 0 saturated carbocycles. The Balaban J connectivity index is 1.93. The molecule has 1 fully saturated rings. The number of amides is 1. The molecule has 6 heteroatoms. The lowest BCUT2D eigenvalue weighted by Gasteiger charge is -2.32. The number of ether oxygens (including phenoxy) is 1. The number of esters is 1. The van der Waals surface area contributed by atoms with Gasteiger partial charge >= 0.3 is 5.97 Å². The van der Waals surface area contributed by atoms with Crippen LogP contribution in [-0.4, -0.2) is 41.0 Å². The van der Waals surface area contributed by atoms with Gasteiger partial charge in [0, 0.05) is 25.4 Å². The molecule has 0 radical (unpaired) electrons. The second kappa shape index (κ2) is 9.17. The third kappa shape index (κ3) is 4.57. The molecule has 1 atom stereocenters. The fraction of sp³-hybridized carbons (Fsp3) is 0.318. The van der Waals surface area contributed by atoms with Crippen molar-refractivity contribution in [1.82, 2.24) is 9.47 Å². The van der Waals surface area contributed by atoms with E-state index in [2.05, 4.69) is 0 Å². The van der Waals surface area contributed by atoms with Crippen LogP contribution < -0.4 is 5.56 Å². The predicted molar refractivity (Wildman–Crippen MR) is 107 cm³/mol. The van der Waals surface area contributed by atoms with Crippen molar-refractivity contribution in [2.75, 3.05) is 19.7 Å². The Morgan fingerprint density at radius 2 is 1.89 bits per heavy atom. The standard InChI is InChI=1S/C22H24N2O4/c1-2-28-22(27)18-11-8-13-23(16-18)21(26)19(15-17-9-4-3-5-10-17)24-14-7-6-12-20(24)25/h3-7,9-10,12,14-15,18H,2,8,11,13,16H2,1H3/b19-15+/t18-/m1/s1. The normalized spacial score (nSPS) is 17.2. The third-order valence-electron chi connectivity index (χ3n) is 4.73. The maximum atomic E-state index is 13.3. The van der Waals surface area contributed by atoms with Crippen LogP contribution in [0.4, 0.5) is 0 Å². The number of hydrogen-bond donors (Lipinski definition) is 0. The van der Waals surface area contributed by atoms with E-state index in [9.17, 15) is 14.4 Å². The first-order valence-corrected chi connectivity index (χ1v) is 9.51. The molecular formula is C22H24N2O4. The molecule has 0 N–H and O–H groups in total. The molecule has 0 bridgehead atoms. The van der Waals surface area contributed by atoms with Gasteiger partial charge in [-0.2, -0.15) is 0 Å². The number of carbonyl (C=O) groups excluding carboxylic acids is 2. The smallest absolute Gasteiger partial charge is 0.310 e. The summed E-state index contributed by atoms with van der Waals surface area (Å²) >= 11 is 0. The Morgan fingerprint density at radius 3 is 2.61 bits per heavy atom. The van der Waals surface area contributed by atoms with Crippen LogP contribution in [0, 0.1) is 5.92 Å². The minimum atomic E-state index is -0.330. The second-order valence-electron chi connectivity index (χ2n) is 6.69. The number of hydrogen-bond acceptors (Lipinski definition) is 4. The van der Waals surface area contributed by atoms with Crippen LogP contribution >= 0.6 is 0 Å². The van der Waals surface area contributed by atoms with E-state index in [0.29, 0.717) is 26.1 Å². The molecule has 0 aliphatic carbocycles. The molecule has 0 unspecified atom stereocenters. The van der Waals surface area contributed by atoms with E-state index in [1.165, 1.54) is 10.6 Å². The van der Waals surface area contributed by atoms with E-state index in [4.69, 9.17) is 4.74 Å². The number of aromatic nitrogens is 1. The first-order valence-electron chi connectivity index (χ1n) is 9.51. The van der Waals surface area contributed by atoms with Crippen molar-refractivity contribution in [2.24, 2.45) is 5.92 Å². The third-order valence-corrected chi connectivity index (χ3v) is 4.73. The highest BCUT2D eigenvalue weighted by Crippen LogP contribution is 2.21. The molecular weight excluding hydrogens is 356 g/mol. The number of benzene rings is 1. The second-order valence-corrected chi connectivity index (χ2v) is 6.69. The van der Waals surface area contributed by atoms with Crippen molar-refractivity contribution < 1.29 is 14.3 Å². The van der Waals surface area contributed by atoms with Gasteiger partial charge in [-0.1, -0.05) is 36.4 Å². The molecule has 3 rings (SSSR count). The lowest BCUT2D eigenvalue weighted by molar-refractivity contribution is -0.150. The van der Waals surface area contributed by atoms with Crippen molar-refractivity contribution in [3.8, 4) is 0 Å². The fourth-order valence-corrected chi connectivity index (χ4v) is 3.34. The predicted octanol–water partition coefficient (Wildman–Crippen LogP) is 2.65. The van der Waals surface area contributed by atoms with E-state index >= 15 is 0 Å².